The summed E-state index contributed by atoms with van der Waals surface area (Å²) in [4.78, 5) is 23.3. The number of nitrogens with zero attached hydrogens (tertiary/aromatic N) is 4. The number of hydrogen-bond donors (Lipinski definition) is 1. The first-order chi connectivity index (χ1) is 19.5. The van der Waals surface area contributed by atoms with Gasteiger partial charge >= 0.3 is 0 Å². The lowest BCUT2D eigenvalue weighted by Gasteiger charge is -2.35. The van der Waals surface area contributed by atoms with E-state index in [0.717, 1.165) is 85.7 Å². The van der Waals surface area contributed by atoms with E-state index >= 15 is 4.39 Å². The number of aryl methyl sites for hydroxylation is 2. The lowest BCUT2D eigenvalue weighted by Crippen LogP contribution is -2.49. The van der Waals surface area contributed by atoms with Gasteiger partial charge in [0.25, 0.3) is 5.91 Å². The van der Waals surface area contributed by atoms with Crippen LogP contribution in [0.25, 0.3) is 27.6 Å². The molecule has 0 atom stereocenters. The summed E-state index contributed by atoms with van der Waals surface area (Å²) in [5.41, 5.74) is 7.08. The second-order valence-electron chi connectivity index (χ2n) is 12.2. The fourth-order valence-corrected chi connectivity index (χ4v) is 6.70. The number of pyridine rings is 1. The third-order valence-electron chi connectivity index (χ3n) is 9.21. The number of aromatic nitrogens is 2. The predicted molar refractivity (Wildman–Crippen MR) is 158 cm³/mol. The molecule has 2 saturated carbocycles. The maximum absolute atomic E-state index is 16.7. The van der Waals surface area contributed by atoms with Crippen molar-refractivity contribution in [3.8, 4) is 11.1 Å². The molecule has 0 unspecified atom stereocenters. The van der Waals surface area contributed by atoms with E-state index in [9.17, 15) is 4.79 Å². The molecule has 1 amide bonds. The van der Waals surface area contributed by atoms with Gasteiger partial charge in [-0.3, -0.25) is 14.7 Å². The third-order valence-corrected chi connectivity index (χ3v) is 9.21. The first-order valence-corrected chi connectivity index (χ1v) is 15.3. The zero-order valence-corrected chi connectivity index (χ0v) is 23.8. The first kappa shape index (κ1) is 25.9. The van der Waals surface area contributed by atoms with E-state index < -0.39 is 0 Å². The topological polar surface area (TPSA) is 53.4 Å². The summed E-state index contributed by atoms with van der Waals surface area (Å²) < 4.78 is 18.9. The van der Waals surface area contributed by atoms with Gasteiger partial charge in [-0.2, -0.15) is 0 Å². The summed E-state index contributed by atoms with van der Waals surface area (Å²) in [7, 11) is 0. The van der Waals surface area contributed by atoms with Gasteiger partial charge in [0.15, 0.2) is 5.82 Å². The van der Waals surface area contributed by atoms with Crippen LogP contribution in [0.1, 0.15) is 66.5 Å². The van der Waals surface area contributed by atoms with Crippen LogP contribution in [0.3, 0.4) is 0 Å². The SMILES string of the molecule is CCc1nc(C)ccc1-c1cc(C(=O)N2CCN(C3CC3)CC2)cc2c(F)c(C3=CCCNC3)n(CC3CC3)c12. The maximum atomic E-state index is 16.7. The van der Waals surface area contributed by atoms with Crippen molar-refractivity contribution >= 4 is 22.4 Å². The van der Waals surface area contributed by atoms with E-state index in [2.05, 4.69) is 33.8 Å². The van der Waals surface area contributed by atoms with Crippen LogP contribution in [-0.4, -0.2) is 70.6 Å². The van der Waals surface area contributed by atoms with E-state index in [0.29, 0.717) is 35.1 Å². The summed E-state index contributed by atoms with van der Waals surface area (Å²) in [6.07, 6.45) is 8.78. The Kier molecular flexibility index (Phi) is 6.75. The predicted octanol–water partition coefficient (Wildman–Crippen LogP) is 5.42. The molecule has 7 rings (SSSR count). The summed E-state index contributed by atoms with van der Waals surface area (Å²) >= 11 is 0. The number of amides is 1. The van der Waals surface area contributed by atoms with Crippen LogP contribution in [0.2, 0.25) is 0 Å². The summed E-state index contributed by atoms with van der Waals surface area (Å²) in [5.74, 6) is 0.383. The van der Waals surface area contributed by atoms with Crippen LogP contribution in [0, 0.1) is 18.7 Å². The summed E-state index contributed by atoms with van der Waals surface area (Å²) in [5, 5.41) is 3.99. The number of rotatable bonds is 7. The summed E-state index contributed by atoms with van der Waals surface area (Å²) in [6, 6.07) is 8.73. The Hall–Kier alpha value is -3.03. The standard InChI is InChI=1S/C33H40FN5O/c1-3-29-26(11-6-21(2)36-29)27-17-24(33(40)38-15-13-37(14-16-38)25-9-10-25)18-28-30(34)31(23-5-4-12-35-19-23)39(32(27)28)20-22-7-8-22/h5-6,11,17-18,22,25,35H,3-4,7-10,12-16,19-20H2,1-2H3. The molecule has 1 N–H and O–H groups in total. The molecule has 0 radical (unpaired) electrons. The highest BCUT2D eigenvalue weighted by Gasteiger charge is 2.34. The number of fused-ring (bicyclic) bond motifs is 1. The Morgan fingerprint density at radius 3 is 2.55 bits per heavy atom. The molecule has 1 aromatic carbocycles. The minimum absolute atomic E-state index is 0.00570. The normalized spacial score (nSPS) is 20.3. The van der Waals surface area contributed by atoms with Gasteiger partial charge in [0, 0.05) is 78.8 Å². The van der Waals surface area contributed by atoms with Gasteiger partial charge in [-0.1, -0.05) is 19.1 Å². The van der Waals surface area contributed by atoms with E-state index in [1.807, 2.05) is 30.0 Å². The van der Waals surface area contributed by atoms with Crippen molar-refractivity contribution < 1.29 is 9.18 Å². The van der Waals surface area contributed by atoms with Crippen LogP contribution in [0.4, 0.5) is 4.39 Å². The quantitative estimate of drug-likeness (QED) is 0.434. The van der Waals surface area contributed by atoms with E-state index in [-0.39, 0.29) is 11.7 Å². The maximum Gasteiger partial charge on any atom is 0.253 e. The van der Waals surface area contributed by atoms with Crippen LogP contribution in [0.15, 0.2) is 30.3 Å². The molecule has 0 spiro atoms. The fraction of sp³-hybridized carbons (Fsp3) is 0.515. The zero-order chi connectivity index (χ0) is 27.4. The highest BCUT2D eigenvalue weighted by atomic mass is 19.1. The Morgan fingerprint density at radius 2 is 1.88 bits per heavy atom. The van der Waals surface area contributed by atoms with Crippen LogP contribution < -0.4 is 5.32 Å². The smallest absolute Gasteiger partial charge is 0.253 e. The molecule has 1 saturated heterocycles. The van der Waals surface area contributed by atoms with Gasteiger partial charge in [-0.05, 0) is 81.7 Å². The highest BCUT2D eigenvalue weighted by Crippen LogP contribution is 2.42. The molecule has 0 bridgehead atoms. The molecular weight excluding hydrogens is 501 g/mol. The van der Waals surface area contributed by atoms with E-state index in [1.54, 1.807) is 0 Å². The van der Waals surface area contributed by atoms with Gasteiger partial charge in [-0.15, -0.1) is 0 Å². The number of piperazine rings is 1. The minimum atomic E-state index is -0.196. The lowest BCUT2D eigenvalue weighted by atomic mass is 9.96. The minimum Gasteiger partial charge on any atom is -0.337 e. The molecule has 2 aliphatic heterocycles. The number of benzene rings is 1. The number of nitrogens with one attached hydrogen (secondary N) is 1. The molecule has 4 heterocycles. The zero-order valence-electron chi connectivity index (χ0n) is 23.8. The Balaban J connectivity index is 1.40. The molecule has 3 aromatic rings. The van der Waals surface area contributed by atoms with Crippen molar-refractivity contribution in [2.24, 2.45) is 5.92 Å². The molecule has 2 aliphatic carbocycles. The van der Waals surface area contributed by atoms with Crippen molar-refractivity contribution in [1.29, 1.82) is 0 Å². The Labute approximate surface area is 236 Å². The van der Waals surface area contributed by atoms with Crippen molar-refractivity contribution in [3.63, 3.8) is 0 Å². The Bertz CT molecular complexity index is 1490. The average molecular weight is 542 g/mol. The van der Waals surface area contributed by atoms with Crippen LogP contribution in [-0.2, 0) is 13.0 Å². The van der Waals surface area contributed by atoms with E-state index in [4.69, 9.17) is 4.98 Å². The molecule has 3 fully saturated rings. The molecule has 210 valence electrons. The van der Waals surface area contributed by atoms with Crippen molar-refractivity contribution in [2.45, 2.75) is 65.0 Å². The van der Waals surface area contributed by atoms with Gasteiger partial charge in [-0.25, -0.2) is 4.39 Å². The highest BCUT2D eigenvalue weighted by molar-refractivity contribution is 6.05. The van der Waals surface area contributed by atoms with Crippen molar-refractivity contribution in [3.05, 3.63) is 58.8 Å². The van der Waals surface area contributed by atoms with Gasteiger partial charge < -0.3 is 14.8 Å². The number of carbonyl (C=O) groups excluding carboxylic acids is 1. The van der Waals surface area contributed by atoms with E-state index in [1.165, 1.54) is 25.7 Å². The summed E-state index contributed by atoms with van der Waals surface area (Å²) in [6.45, 7) is 9.80. The first-order valence-electron chi connectivity index (χ1n) is 15.3. The van der Waals surface area contributed by atoms with Crippen molar-refractivity contribution in [2.75, 3.05) is 39.3 Å². The molecule has 4 aliphatic rings. The fourth-order valence-electron chi connectivity index (χ4n) is 6.70. The molecule has 2 aromatic heterocycles. The van der Waals surface area contributed by atoms with Crippen LogP contribution in [0.5, 0.6) is 0 Å². The molecular formula is C33H40FN5O. The second-order valence-corrected chi connectivity index (χ2v) is 12.2. The van der Waals surface area contributed by atoms with Gasteiger partial charge in [0.1, 0.15) is 0 Å². The average Bonchev–Trinajstić information content (AvgIpc) is 3.92. The van der Waals surface area contributed by atoms with Gasteiger partial charge in [0.2, 0.25) is 0 Å². The monoisotopic (exact) mass is 541 g/mol. The number of carbonyl (C=O) groups is 1. The van der Waals surface area contributed by atoms with Crippen molar-refractivity contribution in [1.82, 2.24) is 24.7 Å². The Morgan fingerprint density at radius 1 is 1.07 bits per heavy atom. The second kappa shape index (κ2) is 10.4. The van der Waals surface area contributed by atoms with Gasteiger partial charge in [0.05, 0.1) is 11.2 Å². The van der Waals surface area contributed by atoms with Crippen LogP contribution >= 0.6 is 0 Å². The lowest BCUT2D eigenvalue weighted by molar-refractivity contribution is 0.0627. The molecule has 6 nitrogen and oxygen atoms in total. The largest absolute Gasteiger partial charge is 0.337 e. The third kappa shape index (κ3) is 4.77. The molecule has 40 heavy (non-hydrogen) atoms. The molecule has 7 heteroatoms. The number of hydrogen-bond acceptors (Lipinski definition) is 4. The number of halogens is 1.